The molecule has 23 heavy (non-hydrogen) atoms. The Balaban J connectivity index is 2.23. The molecule has 1 fully saturated rings. The van der Waals surface area contributed by atoms with Gasteiger partial charge in [-0.1, -0.05) is 0 Å². The van der Waals surface area contributed by atoms with E-state index in [2.05, 4.69) is 4.98 Å². The quantitative estimate of drug-likeness (QED) is 0.750. The van der Waals surface area contributed by atoms with Gasteiger partial charge >= 0.3 is 17.6 Å². The maximum Gasteiger partial charge on any atom is 0.330 e. The van der Waals surface area contributed by atoms with Gasteiger partial charge in [0.15, 0.2) is 0 Å². The fourth-order valence-electron chi connectivity index (χ4n) is 2.36. The molecule has 1 aromatic heterocycles. The zero-order chi connectivity index (χ0) is 17.1. The molecule has 0 spiro atoms. The second-order valence-electron chi connectivity index (χ2n) is 5.29. The molecule has 9 nitrogen and oxygen atoms in total. The molecule has 0 aliphatic carbocycles. The zero-order valence-corrected chi connectivity index (χ0v) is 13.0. The minimum absolute atomic E-state index is 0.0964. The van der Waals surface area contributed by atoms with Crippen molar-refractivity contribution >= 4 is 11.9 Å². The predicted octanol–water partition coefficient (Wildman–Crippen LogP) is -0.373. The van der Waals surface area contributed by atoms with Crippen molar-refractivity contribution in [3.8, 4) is 0 Å². The molecular weight excluding hydrogens is 308 g/mol. The van der Waals surface area contributed by atoms with Gasteiger partial charge in [-0.2, -0.15) is 0 Å². The number of aromatic nitrogens is 2. The van der Waals surface area contributed by atoms with Crippen molar-refractivity contribution in [2.24, 2.45) is 0 Å². The number of esters is 2. The lowest BCUT2D eigenvalue weighted by Crippen LogP contribution is -2.33. The Labute approximate surface area is 131 Å². The van der Waals surface area contributed by atoms with Crippen LogP contribution in [0.5, 0.6) is 0 Å². The molecule has 0 radical (unpaired) electrons. The van der Waals surface area contributed by atoms with Crippen LogP contribution in [-0.4, -0.2) is 40.3 Å². The van der Waals surface area contributed by atoms with Gasteiger partial charge in [0.2, 0.25) is 0 Å². The Morgan fingerprint density at radius 3 is 2.65 bits per heavy atom. The molecule has 0 aromatic carbocycles. The Morgan fingerprint density at radius 2 is 2.04 bits per heavy atom. The van der Waals surface area contributed by atoms with Crippen molar-refractivity contribution in [3.05, 3.63) is 32.6 Å². The summed E-state index contributed by atoms with van der Waals surface area (Å²) in [6, 6.07) is 0. The number of rotatable bonds is 4. The van der Waals surface area contributed by atoms with Crippen LogP contribution in [0, 0.1) is 6.92 Å². The summed E-state index contributed by atoms with van der Waals surface area (Å²) in [6.07, 6.45) is -0.493. The summed E-state index contributed by atoms with van der Waals surface area (Å²) in [6.45, 7) is 3.97. The summed E-state index contributed by atoms with van der Waals surface area (Å²) in [5, 5.41) is 0. The second kappa shape index (κ2) is 6.78. The van der Waals surface area contributed by atoms with Crippen molar-refractivity contribution in [3.63, 3.8) is 0 Å². The van der Waals surface area contributed by atoms with Gasteiger partial charge in [0.25, 0.3) is 5.56 Å². The molecule has 0 saturated carbocycles. The third-order valence-electron chi connectivity index (χ3n) is 3.40. The maximum absolute atomic E-state index is 11.9. The number of hydrogen-bond donors (Lipinski definition) is 1. The Bertz CT molecular complexity index is 721. The molecule has 126 valence electrons. The van der Waals surface area contributed by atoms with Crippen molar-refractivity contribution in [1.82, 2.24) is 9.55 Å². The highest BCUT2D eigenvalue weighted by Crippen LogP contribution is 2.30. The Morgan fingerprint density at radius 1 is 1.35 bits per heavy atom. The average molecular weight is 326 g/mol. The molecule has 0 amide bonds. The number of nitrogens with zero attached hydrogens (tertiary/aromatic N) is 1. The van der Waals surface area contributed by atoms with Crippen molar-refractivity contribution < 1.29 is 23.8 Å². The smallest absolute Gasteiger partial charge is 0.330 e. The van der Waals surface area contributed by atoms with Crippen LogP contribution in [-0.2, 0) is 23.8 Å². The number of nitrogens with one attached hydrogen (secondary N) is 1. The van der Waals surface area contributed by atoms with E-state index >= 15 is 0 Å². The molecule has 1 aromatic rings. The molecular formula is C14H18N2O7. The van der Waals surface area contributed by atoms with Gasteiger partial charge in [0.1, 0.15) is 25.0 Å². The third kappa shape index (κ3) is 4.07. The first kappa shape index (κ1) is 16.9. The molecule has 3 atom stereocenters. The molecule has 1 saturated heterocycles. The number of ether oxygens (including phenoxy) is 3. The maximum atomic E-state index is 11.9. The molecule has 1 unspecified atom stereocenters. The lowest BCUT2D eigenvalue weighted by Gasteiger charge is -2.17. The fourth-order valence-corrected chi connectivity index (χ4v) is 2.36. The highest BCUT2D eigenvalue weighted by molar-refractivity contribution is 5.66. The van der Waals surface area contributed by atoms with E-state index in [9.17, 15) is 19.2 Å². The standard InChI is InChI=1S/C14H18N2O7/c1-7-5-16(14(20)15-13(7)19)12-4-10(22-9(3)18)11(23-12)6-21-8(2)17/h5,10-12H,4,6H2,1-3H3,(H,15,19,20)/t10?,11-,12-/m0/s1. The van der Waals surface area contributed by atoms with E-state index in [0.717, 1.165) is 0 Å². The summed E-state index contributed by atoms with van der Waals surface area (Å²) in [5.74, 6) is -0.993. The topological polar surface area (TPSA) is 117 Å². The van der Waals surface area contributed by atoms with Gasteiger partial charge in [0, 0.05) is 32.0 Å². The first-order chi connectivity index (χ1) is 10.8. The molecule has 9 heteroatoms. The highest BCUT2D eigenvalue weighted by atomic mass is 16.6. The van der Waals surface area contributed by atoms with Gasteiger partial charge in [0.05, 0.1) is 0 Å². The summed E-state index contributed by atoms with van der Waals surface area (Å²) in [5.41, 5.74) is -0.752. The molecule has 2 heterocycles. The second-order valence-corrected chi connectivity index (χ2v) is 5.29. The number of carbonyl (C=O) groups is 2. The monoisotopic (exact) mass is 326 g/mol. The van der Waals surface area contributed by atoms with Crippen LogP contribution in [0.2, 0.25) is 0 Å². The first-order valence-electron chi connectivity index (χ1n) is 7.06. The zero-order valence-electron chi connectivity index (χ0n) is 13.0. The number of aryl methyl sites for hydroxylation is 1. The van der Waals surface area contributed by atoms with Crippen molar-refractivity contribution in [2.75, 3.05) is 6.61 Å². The van der Waals surface area contributed by atoms with Crippen LogP contribution in [0.15, 0.2) is 15.8 Å². The van der Waals surface area contributed by atoms with E-state index in [-0.39, 0.29) is 13.0 Å². The normalized spacial score (nSPS) is 23.5. The average Bonchev–Trinajstić information content (AvgIpc) is 2.82. The number of aromatic amines is 1. The van der Waals surface area contributed by atoms with Crippen LogP contribution >= 0.6 is 0 Å². The highest BCUT2D eigenvalue weighted by Gasteiger charge is 2.39. The van der Waals surface area contributed by atoms with Gasteiger partial charge in [-0.05, 0) is 6.92 Å². The van der Waals surface area contributed by atoms with Gasteiger partial charge in [-0.3, -0.25) is 23.9 Å². The largest absolute Gasteiger partial charge is 0.463 e. The van der Waals surface area contributed by atoms with Crippen LogP contribution < -0.4 is 11.2 Å². The lowest BCUT2D eigenvalue weighted by atomic mass is 10.2. The van der Waals surface area contributed by atoms with Crippen LogP contribution in [0.4, 0.5) is 0 Å². The minimum atomic E-state index is -0.733. The van der Waals surface area contributed by atoms with E-state index in [0.29, 0.717) is 5.56 Å². The predicted molar refractivity (Wildman–Crippen MR) is 76.8 cm³/mol. The number of H-pyrrole nitrogens is 1. The van der Waals surface area contributed by atoms with E-state index in [1.807, 2.05) is 0 Å². The van der Waals surface area contributed by atoms with Crippen LogP contribution in [0.1, 0.15) is 32.1 Å². The summed E-state index contributed by atoms with van der Waals surface area (Å²) in [7, 11) is 0. The molecule has 1 aliphatic heterocycles. The molecule has 2 rings (SSSR count). The molecule has 1 N–H and O–H groups in total. The Hall–Kier alpha value is -2.42. The van der Waals surface area contributed by atoms with E-state index < -0.39 is 41.6 Å². The fraction of sp³-hybridized carbons (Fsp3) is 0.571. The van der Waals surface area contributed by atoms with Gasteiger partial charge < -0.3 is 14.2 Å². The Kier molecular flexibility index (Phi) is 4.99. The SMILES string of the molecule is CC(=O)OC[C@@H]1O[C@H](n2cc(C)c(=O)[nH]c2=O)CC1OC(C)=O. The lowest BCUT2D eigenvalue weighted by molar-refractivity contribution is -0.155. The first-order valence-corrected chi connectivity index (χ1v) is 7.06. The van der Waals surface area contributed by atoms with Crippen molar-refractivity contribution in [2.45, 2.75) is 45.6 Å². The number of hydrogen-bond acceptors (Lipinski definition) is 7. The molecule has 1 aliphatic rings. The summed E-state index contributed by atoms with van der Waals surface area (Å²) >= 11 is 0. The van der Waals surface area contributed by atoms with Gasteiger partial charge in [-0.15, -0.1) is 0 Å². The van der Waals surface area contributed by atoms with E-state index in [1.54, 1.807) is 6.92 Å². The minimum Gasteiger partial charge on any atom is -0.463 e. The molecule has 0 bridgehead atoms. The summed E-state index contributed by atoms with van der Waals surface area (Å²) in [4.78, 5) is 47.6. The van der Waals surface area contributed by atoms with E-state index in [1.165, 1.54) is 24.6 Å². The van der Waals surface area contributed by atoms with Crippen LogP contribution in [0.25, 0.3) is 0 Å². The van der Waals surface area contributed by atoms with E-state index in [4.69, 9.17) is 14.2 Å². The van der Waals surface area contributed by atoms with Crippen LogP contribution in [0.3, 0.4) is 0 Å². The van der Waals surface area contributed by atoms with Gasteiger partial charge in [-0.25, -0.2) is 4.79 Å². The number of carbonyl (C=O) groups excluding carboxylic acids is 2. The third-order valence-corrected chi connectivity index (χ3v) is 3.40. The van der Waals surface area contributed by atoms with Crippen molar-refractivity contribution in [1.29, 1.82) is 0 Å². The summed E-state index contributed by atoms with van der Waals surface area (Å²) < 4.78 is 17.0.